The summed E-state index contributed by atoms with van der Waals surface area (Å²) < 4.78 is 7.57. The van der Waals surface area contributed by atoms with Gasteiger partial charge in [0.15, 0.2) is 5.82 Å². The third-order valence-electron chi connectivity index (χ3n) is 5.55. The van der Waals surface area contributed by atoms with Gasteiger partial charge >= 0.3 is 0 Å². The molecule has 6 heteroatoms. The Morgan fingerprint density at radius 1 is 1.24 bits per heavy atom. The van der Waals surface area contributed by atoms with Crippen molar-refractivity contribution in [1.82, 2.24) is 19.7 Å². The maximum Gasteiger partial charge on any atom is 0.156 e. The van der Waals surface area contributed by atoms with Crippen LogP contribution in [-0.2, 0) is 4.74 Å². The molecule has 0 spiro atoms. The second kappa shape index (κ2) is 6.71. The lowest BCUT2D eigenvalue weighted by molar-refractivity contribution is 0.160. The van der Waals surface area contributed by atoms with Crippen molar-refractivity contribution < 1.29 is 4.74 Å². The van der Waals surface area contributed by atoms with Gasteiger partial charge in [0.05, 0.1) is 12.3 Å². The van der Waals surface area contributed by atoms with Crippen LogP contribution < -0.4 is 0 Å². The first kappa shape index (κ1) is 17.0. The first-order chi connectivity index (χ1) is 12.0. The van der Waals surface area contributed by atoms with Crippen molar-refractivity contribution in [3.63, 3.8) is 0 Å². The third-order valence-corrected chi connectivity index (χ3v) is 5.79. The van der Waals surface area contributed by atoms with Crippen molar-refractivity contribution in [2.75, 3.05) is 27.3 Å². The highest BCUT2D eigenvalue weighted by Crippen LogP contribution is 2.40. The van der Waals surface area contributed by atoms with E-state index in [0.717, 1.165) is 60.4 Å². The van der Waals surface area contributed by atoms with E-state index in [-0.39, 0.29) is 0 Å². The summed E-state index contributed by atoms with van der Waals surface area (Å²) in [6.07, 6.45) is 3.26. The molecule has 2 aromatic rings. The van der Waals surface area contributed by atoms with Crippen LogP contribution in [0, 0.1) is 6.92 Å². The fourth-order valence-electron chi connectivity index (χ4n) is 3.72. The normalized spacial score (nSPS) is 26.2. The number of aryl methyl sites for hydroxylation is 1. The van der Waals surface area contributed by atoms with Crippen LogP contribution in [0.2, 0.25) is 5.02 Å². The van der Waals surface area contributed by atoms with E-state index in [0.29, 0.717) is 17.9 Å². The van der Waals surface area contributed by atoms with Crippen LogP contribution >= 0.6 is 11.6 Å². The standard InChI is InChI=1S/C19H25ClN4O/c1-12-4-5-15(20)10-17(12)24-19(14-8-16(9-14)23(2)3)21-18(22-24)13-6-7-25-11-13/h4-5,10,13-14,16H,6-9,11H2,1-3H3. The molecular weight excluding hydrogens is 336 g/mol. The van der Waals surface area contributed by atoms with Gasteiger partial charge in [0.25, 0.3) is 0 Å². The van der Waals surface area contributed by atoms with Crippen LogP contribution in [0.3, 0.4) is 0 Å². The second-order valence-electron chi connectivity index (χ2n) is 7.52. The molecule has 0 radical (unpaired) electrons. The van der Waals surface area contributed by atoms with Gasteiger partial charge in [0.2, 0.25) is 0 Å². The lowest BCUT2D eigenvalue weighted by atomic mass is 9.79. The maximum atomic E-state index is 6.26. The molecule has 2 heterocycles. The molecule has 2 aliphatic rings. The van der Waals surface area contributed by atoms with E-state index in [1.165, 1.54) is 0 Å². The number of nitrogens with zero attached hydrogens (tertiary/aromatic N) is 4. The molecule has 0 N–H and O–H groups in total. The molecule has 4 rings (SSSR count). The van der Waals surface area contributed by atoms with E-state index >= 15 is 0 Å². The second-order valence-corrected chi connectivity index (χ2v) is 7.95. The summed E-state index contributed by atoms with van der Waals surface area (Å²) in [5, 5.41) is 5.62. The van der Waals surface area contributed by atoms with Crippen LogP contribution in [0.1, 0.15) is 48.3 Å². The van der Waals surface area contributed by atoms with E-state index in [1.54, 1.807) is 0 Å². The van der Waals surface area contributed by atoms with E-state index in [2.05, 4.69) is 25.9 Å². The third kappa shape index (κ3) is 3.21. The molecule has 1 aromatic carbocycles. The predicted octanol–water partition coefficient (Wildman–Crippen LogP) is 3.54. The zero-order chi connectivity index (χ0) is 17.6. The fourth-order valence-corrected chi connectivity index (χ4v) is 3.89. The molecule has 1 aliphatic carbocycles. The van der Waals surface area contributed by atoms with Crippen LogP contribution in [0.4, 0.5) is 0 Å². The molecule has 2 fully saturated rings. The lowest BCUT2D eigenvalue weighted by Gasteiger charge is -2.39. The van der Waals surface area contributed by atoms with Gasteiger partial charge in [-0.05, 0) is 58.0 Å². The van der Waals surface area contributed by atoms with E-state index < -0.39 is 0 Å². The number of rotatable bonds is 4. The Bertz CT molecular complexity index is 761. The van der Waals surface area contributed by atoms with Crippen molar-refractivity contribution in [3.8, 4) is 5.69 Å². The predicted molar refractivity (Wildman–Crippen MR) is 98.7 cm³/mol. The number of hydrogen-bond donors (Lipinski definition) is 0. The quantitative estimate of drug-likeness (QED) is 0.836. The van der Waals surface area contributed by atoms with E-state index in [4.69, 9.17) is 26.4 Å². The average Bonchev–Trinajstić information content (AvgIpc) is 3.17. The molecule has 1 aromatic heterocycles. The Morgan fingerprint density at radius 3 is 2.72 bits per heavy atom. The SMILES string of the molecule is Cc1ccc(Cl)cc1-n1nc(C2CCOC2)nc1C1CC(N(C)C)C1. The number of halogens is 1. The first-order valence-electron chi connectivity index (χ1n) is 9.00. The largest absolute Gasteiger partial charge is 0.381 e. The lowest BCUT2D eigenvalue weighted by Crippen LogP contribution is -2.40. The topological polar surface area (TPSA) is 43.2 Å². The van der Waals surface area contributed by atoms with Crippen molar-refractivity contribution in [2.24, 2.45) is 0 Å². The fraction of sp³-hybridized carbons (Fsp3) is 0.579. The smallest absolute Gasteiger partial charge is 0.156 e. The molecule has 1 atom stereocenters. The number of ether oxygens (including phenoxy) is 1. The van der Waals surface area contributed by atoms with Gasteiger partial charge in [-0.15, -0.1) is 0 Å². The van der Waals surface area contributed by atoms with Crippen LogP contribution in [0.25, 0.3) is 5.69 Å². The Hall–Kier alpha value is -1.43. The Kier molecular flexibility index (Phi) is 4.56. The minimum Gasteiger partial charge on any atom is -0.381 e. The van der Waals surface area contributed by atoms with Crippen molar-refractivity contribution >= 4 is 11.6 Å². The number of aromatic nitrogens is 3. The molecule has 0 bridgehead atoms. The number of hydrogen-bond acceptors (Lipinski definition) is 4. The van der Waals surface area contributed by atoms with Gasteiger partial charge in [-0.3, -0.25) is 0 Å². The zero-order valence-electron chi connectivity index (χ0n) is 15.1. The van der Waals surface area contributed by atoms with Gasteiger partial charge in [0, 0.05) is 29.5 Å². The Labute approximate surface area is 153 Å². The minimum atomic E-state index is 0.309. The summed E-state index contributed by atoms with van der Waals surface area (Å²) in [5.41, 5.74) is 2.20. The summed E-state index contributed by atoms with van der Waals surface area (Å²) >= 11 is 6.26. The summed E-state index contributed by atoms with van der Waals surface area (Å²) in [6, 6.07) is 6.60. The highest BCUT2D eigenvalue weighted by Gasteiger charge is 2.36. The van der Waals surface area contributed by atoms with Gasteiger partial charge < -0.3 is 9.64 Å². The van der Waals surface area contributed by atoms with Gasteiger partial charge in [-0.25, -0.2) is 9.67 Å². The van der Waals surface area contributed by atoms with Gasteiger partial charge in [-0.1, -0.05) is 17.7 Å². The van der Waals surface area contributed by atoms with Crippen LogP contribution in [-0.4, -0.2) is 53.0 Å². The number of benzene rings is 1. The molecule has 0 amide bonds. The molecule has 1 unspecified atom stereocenters. The van der Waals surface area contributed by atoms with Crippen molar-refractivity contribution in [3.05, 3.63) is 40.4 Å². The molecular formula is C19H25ClN4O. The summed E-state index contributed by atoms with van der Waals surface area (Å²) in [5.74, 6) is 2.75. The molecule has 1 saturated carbocycles. The summed E-state index contributed by atoms with van der Waals surface area (Å²) in [4.78, 5) is 7.26. The van der Waals surface area contributed by atoms with E-state index in [1.807, 2.05) is 22.9 Å². The molecule has 5 nitrogen and oxygen atoms in total. The molecule has 1 aliphatic heterocycles. The maximum absolute atomic E-state index is 6.26. The highest BCUT2D eigenvalue weighted by atomic mass is 35.5. The first-order valence-corrected chi connectivity index (χ1v) is 9.38. The molecule has 25 heavy (non-hydrogen) atoms. The summed E-state index contributed by atoms with van der Waals surface area (Å²) in [6.45, 7) is 3.62. The summed E-state index contributed by atoms with van der Waals surface area (Å²) in [7, 11) is 4.29. The Balaban J connectivity index is 1.72. The highest BCUT2D eigenvalue weighted by molar-refractivity contribution is 6.30. The van der Waals surface area contributed by atoms with Crippen LogP contribution in [0.15, 0.2) is 18.2 Å². The van der Waals surface area contributed by atoms with E-state index in [9.17, 15) is 0 Å². The zero-order valence-corrected chi connectivity index (χ0v) is 15.8. The molecule has 134 valence electrons. The van der Waals surface area contributed by atoms with Gasteiger partial charge in [-0.2, -0.15) is 5.10 Å². The van der Waals surface area contributed by atoms with Gasteiger partial charge in [0.1, 0.15) is 5.82 Å². The Morgan fingerprint density at radius 2 is 2.04 bits per heavy atom. The van der Waals surface area contributed by atoms with Crippen molar-refractivity contribution in [1.29, 1.82) is 0 Å². The van der Waals surface area contributed by atoms with Crippen LogP contribution in [0.5, 0.6) is 0 Å². The molecule has 1 saturated heterocycles. The monoisotopic (exact) mass is 360 g/mol. The van der Waals surface area contributed by atoms with Crippen molar-refractivity contribution in [2.45, 2.75) is 44.1 Å². The minimum absolute atomic E-state index is 0.309. The average molecular weight is 361 g/mol.